The number of non-ortho nitro benzene ring substituents is 1. The van der Waals surface area contributed by atoms with Crippen molar-refractivity contribution in [2.45, 2.75) is 20.4 Å². The van der Waals surface area contributed by atoms with Crippen molar-refractivity contribution in [3.05, 3.63) is 57.4 Å². The average molecular weight is 316 g/mol. The Balaban J connectivity index is 2.09. The zero-order chi connectivity index (χ0) is 16.8. The van der Waals surface area contributed by atoms with Crippen molar-refractivity contribution in [2.24, 2.45) is 5.10 Å². The van der Waals surface area contributed by atoms with Crippen LogP contribution in [0.2, 0.25) is 0 Å². The van der Waals surface area contributed by atoms with Crippen molar-refractivity contribution < 1.29 is 9.66 Å². The highest BCUT2D eigenvalue weighted by Crippen LogP contribution is 2.17. The van der Waals surface area contributed by atoms with E-state index in [1.807, 2.05) is 19.9 Å². The molecule has 0 unspecified atom stereocenters. The van der Waals surface area contributed by atoms with Gasteiger partial charge in [-0.25, -0.2) is 0 Å². The molecule has 1 N–H and O–H groups in total. The molecule has 122 valence electrons. The van der Waals surface area contributed by atoms with E-state index in [1.54, 1.807) is 25.5 Å². The maximum absolute atomic E-state index is 10.7. The smallest absolute Gasteiger partial charge is 0.271 e. The molecular weight excluding hydrogens is 296 g/mol. The highest BCUT2D eigenvalue weighted by atomic mass is 16.6. The van der Waals surface area contributed by atoms with Crippen LogP contribution in [0.1, 0.15) is 17.0 Å². The molecule has 0 aliphatic carbocycles. The number of nitro benzene ring substituents is 1. The lowest BCUT2D eigenvalue weighted by Crippen LogP contribution is -2.07. The number of nitrogens with zero attached hydrogens (tertiary/aromatic N) is 3. The molecule has 0 aliphatic rings. The third kappa shape index (κ3) is 4.17. The summed E-state index contributed by atoms with van der Waals surface area (Å²) in [5.74, 6) is 0. The Bertz CT molecular complexity index is 722. The molecule has 0 aliphatic heterocycles. The number of nitrogens with one attached hydrogen (secondary N) is 1. The third-order valence-electron chi connectivity index (χ3n) is 3.59. The molecular formula is C16H20N4O3. The lowest BCUT2D eigenvalue weighted by molar-refractivity contribution is -0.384. The van der Waals surface area contributed by atoms with Crippen LogP contribution in [0.15, 0.2) is 35.4 Å². The molecule has 0 saturated heterocycles. The van der Waals surface area contributed by atoms with Gasteiger partial charge in [0.05, 0.1) is 23.4 Å². The van der Waals surface area contributed by atoms with Crippen molar-refractivity contribution >= 4 is 17.6 Å². The van der Waals surface area contributed by atoms with Crippen molar-refractivity contribution in [1.82, 2.24) is 4.57 Å². The van der Waals surface area contributed by atoms with Gasteiger partial charge < -0.3 is 9.30 Å². The first kappa shape index (κ1) is 16.7. The van der Waals surface area contributed by atoms with Crippen molar-refractivity contribution in [1.29, 1.82) is 0 Å². The molecule has 0 saturated carbocycles. The lowest BCUT2D eigenvalue weighted by atomic mass is 10.3. The van der Waals surface area contributed by atoms with Crippen LogP contribution in [-0.2, 0) is 11.3 Å². The van der Waals surface area contributed by atoms with E-state index in [0.717, 1.165) is 23.5 Å². The number of anilines is 1. The van der Waals surface area contributed by atoms with Crippen LogP contribution in [0.25, 0.3) is 0 Å². The van der Waals surface area contributed by atoms with E-state index < -0.39 is 4.92 Å². The summed E-state index contributed by atoms with van der Waals surface area (Å²) in [6, 6.07) is 8.28. The van der Waals surface area contributed by atoms with Gasteiger partial charge in [-0.15, -0.1) is 0 Å². The molecule has 0 atom stereocenters. The Hall–Kier alpha value is -2.67. The Morgan fingerprint density at radius 2 is 2.17 bits per heavy atom. The summed E-state index contributed by atoms with van der Waals surface area (Å²) < 4.78 is 7.28. The second-order valence-corrected chi connectivity index (χ2v) is 5.15. The molecule has 0 spiro atoms. The molecule has 1 aromatic heterocycles. The fraction of sp³-hybridized carbons (Fsp3) is 0.312. The monoisotopic (exact) mass is 316 g/mol. The number of hydrogen-bond donors (Lipinski definition) is 1. The Labute approximate surface area is 134 Å². The van der Waals surface area contributed by atoms with Crippen LogP contribution in [0.3, 0.4) is 0 Å². The summed E-state index contributed by atoms with van der Waals surface area (Å²) in [5, 5.41) is 14.9. The molecule has 0 fully saturated rings. The standard InChI is InChI=1S/C16H20N4O3/c1-12-9-14(13(2)19(12)7-8-23-3)11-17-18-15-5-4-6-16(10-15)20(21)22/h4-6,9-11,18H,7-8H2,1-3H3. The van der Waals surface area contributed by atoms with Gasteiger partial charge in [0.1, 0.15) is 0 Å². The minimum Gasteiger partial charge on any atom is -0.383 e. The van der Waals surface area contributed by atoms with Gasteiger partial charge in [0, 0.05) is 42.7 Å². The number of benzene rings is 1. The molecule has 2 aromatic rings. The van der Waals surface area contributed by atoms with Crippen LogP contribution in [0.4, 0.5) is 11.4 Å². The predicted molar refractivity (Wildman–Crippen MR) is 90.1 cm³/mol. The highest BCUT2D eigenvalue weighted by Gasteiger charge is 2.07. The Kier molecular flexibility index (Phi) is 5.48. The molecule has 7 nitrogen and oxygen atoms in total. The van der Waals surface area contributed by atoms with Crippen LogP contribution >= 0.6 is 0 Å². The van der Waals surface area contributed by atoms with E-state index in [9.17, 15) is 10.1 Å². The third-order valence-corrected chi connectivity index (χ3v) is 3.59. The first-order valence-electron chi connectivity index (χ1n) is 7.22. The van der Waals surface area contributed by atoms with E-state index in [4.69, 9.17) is 4.74 Å². The van der Waals surface area contributed by atoms with E-state index >= 15 is 0 Å². The molecule has 0 amide bonds. The maximum Gasteiger partial charge on any atom is 0.271 e. The predicted octanol–water partition coefficient (Wildman–Crippen LogP) is 3.11. The number of ether oxygens (including phenoxy) is 1. The molecule has 2 rings (SSSR count). The summed E-state index contributed by atoms with van der Waals surface area (Å²) in [7, 11) is 1.68. The van der Waals surface area contributed by atoms with Gasteiger partial charge >= 0.3 is 0 Å². The van der Waals surface area contributed by atoms with Gasteiger partial charge in [-0.05, 0) is 26.0 Å². The SMILES string of the molecule is COCCn1c(C)cc(C=NNc2cccc([N+](=O)[O-])c2)c1C. The van der Waals surface area contributed by atoms with Crippen molar-refractivity contribution in [3.63, 3.8) is 0 Å². The van der Waals surface area contributed by atoms with Gasteiger partial charge in [-0.1, -0.05) is 6.07 Å². The summed E-state index contributed by atoms with van der Waals surface area (Å²) in [4.78, 5) is 10.3. The zero-order valence-corrected chi connectivity index (χ0v) is 13.4. The number of rotatable bonds is 7. The van der Waals surface area contributed by atoms with Crippen LogP contribution < -0.4 is 5.43 Å². The Morgan fingerprint density at radius 1 is 1.39 bits per heavy atom. The first-order valence-corrected chi connectivity index (χ1v) is 7.22. The number of methoxy groups -OCH3 is 1. The van der Waals surface area contributed by atoms with Gasteiger partial charge in [-0.2, -0.15) is 5.10 Å². The number of nitro groups is 1. The summed E-state index contributed by atoms with van der Waals surface area (Å²) in [6.45, 7) is 5.50. The van der Waals surface area contributed by atoms with Crippen molar-refractivity contribution in [2.75, 3.05) is 19.1 Å². The minimum atomic E-state index is -0.432. The Morgan fingerprint density at radius 3 is 2.87 bits per heavy atom. The van der Waals surface area contributed by atoms with Gasteiger partial charge in [0.25, 0.3) is 5.69 Å². The van der Waals surface area contributed by atoms with E-state index in [1.165, 1.54) is 12.1 Å². The highest BCUT2D eigenvalue weighted by molar-refractivity contribution is 5.82. The fourth-order valence-electron chi connectivity index (χ4n) is 2.35. The lowest BCUT2D eigenvalue weighted by Gasteiger charge is -2.08. The fourth-order valence-corrected chi connectivity index (χ4v) is 2.35. The molecule has 0 radical (unpaired) electrons. The summed E-state index contributed by atoms with van der Waals surface area (Å²) >= 11 is 0. The quantitative estimate of drug-likeness (QED) is 0.483. The summed E-state index contributed by atoms with van der Waals surface area (Å²) in [5.41, 5.74) is 6.66. The average Bonchev–Trinajstić information content (AvgIpc) is 2.80. The van der Waals surface area contributed by atoms with Gasteiger partial charge in [0.15, 0.2) is 0 Å². The maximum atomic E-state index is 10.7. The van der Waals surface area contributed by atoms with E-state index in [0.29, 0.717) is 12.3 Å². The molecule has 1 aromatic carbocycles. The number of hydrazone groups is 1. The van der Waals surface area contributed by atoms with Crippen LogP contribution in [-0.4, -0.2) is 29.4 Å². The minimum absolute atomic E-state index is 0.0305. The van der Waals surface area contributed by atoms with Crippen LogP contribution in [0, 0.1) is 24.0 Å². The molecule has 7 heteroatoms. The number of aromatic nitrogens is 1. The number of aryl methyl sites for hydroxylation is 1. The summed E-state index contributed by atoms with van der Waals surface area (Å²) in [6.07, 6.45) is 1.71. The second-order valence-electron chi connectivity index (χ2n) is 5.15. The second kappa shape index (κ2) is 7.55. The molecule has 23 heavy (non-hydrogen) atoms. The largest absolute Gasteiger partial charge is 0.383 e. The molecule has 1 heterocycles. The van der Waals surface area contributed by atoms with Gasteiger partial charge in [-0.3, -0.25) is 15.5 Å². The van der Waals surface area contributed by atoms with Gasteiger partial charge in [0.2, 0.25) is 0 Å². The first-order chi connectivity index (χ1) is 11.0. The van der Waals surface area contributed by atoms with E-state index in [-0.39, 0.29) is 5.69 Å². The molecule has 0 bridgehead atoms. The zero-order valence-electron chi connectivity index (χ0n) is 13.4. The number of hydrogen-bond acceptors (Lipinski definition) is 5. The van der Waals surface area contributed by atoms with Crippen molar-refractivity contribution in [3.8, 4) is 0 Å². The normalized spacial score (nSPS) is 11.1. The van der Waals surface area contributed by atoms with E-state index in [2.05, 4.69) is 15.1 Å². The van der Waals surface area contributed by atoms with Crippen LogP contribution in [0.5, 0.6) is 0 Å². The topological polar surface area (TPSA) is 81.7 Å².